The fourth-order valence-electron chi connectivity index (χ4n) is 2.93. The molecule has 2 heterocycles. The third-order valence-electron chi connectivity index (χ3n) is 4.34. The minimum Gasteiger partial charge on any atom is -0.473 e. The molecule has 0 saturated carbocycles. The first-order valence-electron chi connectivity index (χ1n) is 9.20. The molecule has 4 rings (SSSR count). The molecular formula is C21H19N3O6S2. The third-order valence-corrected chi connectivity index (χ3v) is 6.80. The minimum atomic E-state index is -3.72. The summed E-state index contributed by atoms with van der Waals surface area (Å²) in [6, 6.07) is 16.5. The summed E-state index contributed by atoms with van der Waals surface area (Å²) < 4.78 is 28.9. The van der Waals surface area contributed by atoms with E-state index in [1.807, 2.05) is 43.4 Å². The minimum absolute atomic E-state index is 0.262. The van der Waals surface area contributed by atoms with E-state index in [4.69, 9.17) is 19.8 Å². The summed E-state index contributed by atoms with van der Waals surface area (Å²) in [4.78, 5) is 22.7. The zero-order valence-corrected chi connectivity index (χ0v) is 18.4. The maximum Gasteiger partial charge on any atom is 0.414 e. The maximum atomic E-state index is 13.3. The number of carboxylic acid groups (broad SMARTS) is 2. The van der Waals surface area contributed by atoms with E-state index in [0.29, 0.717) is 12.2 Å². The van der Waals surface area contributed by atoms with Gasteiger partial charge >= 0.3 is 11.9 Å². The van der Waals surface area contributed by atoms with Gasteiger partial charge in [-0.3, -0.25) is 0 Å². The van der Waals surface area contributed by atoms with E-state index in [2.05, 4.69) is 10.3 Å². The Morgan fingerprint density at radius 2 is 1.75 bits per heavy atom. The number of nitrogens with zero attached hydrogens (tertiary/aromatic N) is 2. The Hall–Kier alpha value is -3.54. The molecule has 32 heavy (non-hydrogen) atoms. The Kier molecular flexibility index (Phi) is 7.03. The summed E-state index contributed by atoms with van der Waals surface area (Å²) in [7, 11) is -1.88. The van der Waals surface area contributed by atoms with Gasteiger partial charge in [-0.05, 0) is 42.4 Å². The van der Waals surface area contributed by atoms with Crippen LogP contribution in [0.15, 0.2) is 71.2 Å². The Morgan fingerprint density at radius 1 is 1.06 bits per heavy atom. The zero-order valence-electron chi connectivity index (χ0n) is 16.8. The number of fused-ring (bicyclic) bond motifs is 1. The summed E-state index contributed by atoms with van der Waals surface area (Å²) in [5.41, 5.74) is 4.95. The number of hydrogen-bond acceptors (Lipinski definition) is 7. The highest BCUT2D eigenvalue weighted by Crippen LogP contribution is 2.29. The number of carbonyl (C=O) groups is 2. The van der Waals surface area contributed by atoms with Gasteiger partial charge in [-0.2, -0.15) is 0 Å². The molecule has 0 radical (unpaired) electrons. The number of thiazole rings is 1. The SMILES string of the molecule is CNCc1cc(-c2ccccc2)n(S(=O)(=O)c2ccc3ncsc3c2)c1.O=C(O)C(=O)O. The highest BCUT2D eigenvalue weighted by atomic mass is 32.2. The second-order valence-corrected chi connectivity index (χ2v) is 9.22. The number of hydrogen-bond donors (Lipinski definition) is 3. The van der Waals surface area contributed by atoms with E-state index in [0.717, 1.165) is 21.3 Å². The largest absolute Gasteiger partial charge is 0.473 e. The highest BCUT2D eigenvalue weighted by molar-refractivity contribution is 7.90. The zero-order chi connectivity index (χ0) is 23.3. The van der Waals surface area contributed by atoms with Gasteiger partial charge in [0.1, 0.15) is 0 Å². The van der Waals surface area contributed by atoms with Crippen LogP contribution in [-0.2, 0) is 26.2 Å². The Balaban J connectivity index is 0.000000427. The number of rotatable bonds is 5. The molecule has 0 fully saturated rings. The van der Waals surface area contributed by atoms with Crippen LogP contribution in [0.5, 0.6) is 0 Å². The molecule has 3 N–H and O–H groups in total. The fourth-order valence-corrected chi connectivity index (χ4v) is 5.14. The van der Waals surface area contributed by atoms with Crippen molar-refractivity contribution in [2.24, 2.45) is 0 Å². The van der Waals surface area contributed by atoms with E-state index in [1.165, 1.54) is 15.3 Å². The van der Waals surface area contributed by atoms with Crippen molar-refractivity contribution in [3.63, 3.8) is 0 Å². The van der Waals surface area contributed by atoms with Gasteiger partial charge in [0.25, 0.3) is 10.0 Å². The van der Waals surface area contributed by atoms with E-state index < -0.39 is 22.0 Å². The summed E-state index contributed by atoms with van der Waals surface area (Å²) in [5.74, 6) is -3.65. The molecule has 4 aromatic rings. The van der Waals surface area contributed by atoms with Crippen molar-refractivity contribution in [3.8, 4) is 11.3 Å². The molecule has 0 saturated heterocycles. The van der Waals surface area contributed by atoms with Gasteiger partial charge in [0.05, 0.1) is 26.3 Å². The quantitative estimate of drug-likeness (QED) is 0.376. The number of aliphatic carboxylic acids is 2. The molecule has 2 aromatic heterocycles. The predicted molar refractivity (Wildman–Crippen MR) is 120 cm³/mol. The molecule has 11 heteroatoms. The van der Waals surface area contributed by atoms with Crippen LogP contribution in [0, 0.1) is 0 Å². The van der Waals surface area contributed by atoms with Gasteiger partial charge < -0.3 is 15.5 Å². The first kappa shape index (κ1) is 23.1. The van der Waals surface area contributed by atoms with Crippen molar-refractivity contribution in [2.45, 2.75) is 11.4 Å². The van der Waals surface area contributed by atoms with Gasteiger partial charge in [0.15, 0.2) is 0 Å². The van der Waals surface area contributed by atoms with Crippen molar-refractivity contribution in [3.05, 3.63) is 71.9 Å². The molecular weight excluding hydrogens is 454 g/mol. The van der Waals surface area contributed by atoms with Crippen LogP contribution in [0.3, 0.4) is 0 Å². The fraction of sp³-hybridized carbons (Fsp3) is 0.0952. The average Bonchev–Trinajstić information content (AvgIpc) is 3.42. The van der Waals surface area contributed by atoms with Gasteiger partial charge in [0.2, 0.25) is 0 Å². The van der Waals surface area contributed by atoms with Gasteiger partial charge in [-0.25, -0.2) is 27.0 Å². The standard InChI is InChI=1S/C19H17N3O2S2.C2H2O4/c1-20-11-14-9-18(15-5-3-2-4-6-15)22(12-14)26(23,24)16-7-8-17-19(10-16)25-13-21-17;3-1(4)2(5)6/h2-10,12-13,20H,11H2,1H3;(H,3,4)(H,5,6). The first-order valence-corrected chi connectivity index (χ1v) is 11.5. The average molecular weight is 474 g/mol. The number of aromatic nitrogens is 2. The molecule has 0 bridgehead atoms. The molecule has 166 valence electrons. The summed E-state index contributed by atoms with van der Waals surface area (Å²) in [6.07, 6.45) is 1.69. The molecule has 9 nitrogen and oxygen atoms in total. The summed E-state index contributed by atoms with van der Waals surface area (Å²) in [5, 5.41) is 17.9. The first-order chi connectivity index (χ1) is 15.2. The van der Waals surface area contributed by atoms with Crippen LogP contribution in [0.25, 0.3) is 21.5 Å². The molecule has 0 aliphatic carbocycles. The molecule has 0 aliphatic heterocycles. The van der Waals surface area contributed by atoms with Gasteiger partial charge in [0, 0.05) is 12.7 Å². The van der Waals surface area contributed by atoms with Gasteiger partial charge in [-0.1, -0.05) is 30.3 Å². The topological polar surface area (TPSA) is 139 Å². The van der Waals surface area contributed by atoms with E-state index in [1.54, 1.807) is 29.9 Å². The Morgan fingerprint density at radius 3 is 2.38 bits per heavy atom. The lowest BCUT2D eigenvalue weighted by atomic mass is 10.1. The molecule has 0 amide bonds. The summed E-state index contributed by atoms with van der Waals surface area (Å²) >= 11 is 1.43. The van der Waals surface area contributed by atoms with Crippen molar-refractivity contribution in [2.75, 3.05) is 7.05 Å². The van der Waals surface area contributed by atoms with Crippen LogP contribution in [-0.4, -0.2) is 46.6 Å². The van der Waals surface area contributed by atoms with E-state index >= 15 is 0 Å². The molecule has 0 unspecified atom stereocenters. The van der Waals surface area contributed by atoms with Crippen molar-refractivity contribution in [1.82, 2.24) is 14.3 Å². The molecule has 0 atom stereocenters. The van der Waals surface area contributed by atoms with E-state index in [-0.39, 0.29) is 4.90 Å². The molecule has 0 spiro atoms. The van der Waals surface area contributed by atoms with Crippen molar-refractivity contribution in [1.29, 1.82) is 0 Å². The summed E-state index contributed by atoms with van der Waals surface area (Å²) in [6.45, 7) is 0.593. The highest BCUT2D eigenvalue weighted by Gasteiger charge is 2.22. The Bertz CT molecular complexity index is 1350. The smallest absolute Gasteiger partial charge is 0.414 e. The maximum absolute atomic E-state index is 13.3. The normalized spacial score (nSPS) is 11.0. The second-order valence-electron chi connectivity index (χ2n) is 6.52. The van der Waals surface area contributed by atoms with Crippen molar-refractivity contribution < 1.29 is 28.2 Å². The van der Waals surface area contributed by atoms with Crippen LogP contribution >= 0.6 is 11.3 Å². The predicted octanol–water partition coefficient (Wildman–Crippen LogP) is 2.88. The monoisotopic (exact) mass is 473 g/mol. The van der Waals surface area contributed by atoms with Crippen LogP contribution in [0.2, 0.25) is 0 Å². The number of carboxylic acids is 2. The number of benzene rings is 2. The lowest BCUT2D eigenvalue weighted by Gasteiger charge is -2.11. The van der Waals surface area contributed by atoms with Crippen LogP contribution in [0.4, 0.5) is 0 Å². The van der Waals surface area contributed by atoms with Crippen molar-refractivity contribution >= 4 is 43.5 Å². The number of nitrogens with one attached hydrogen (secondary N) is 1. The van der Waals surface area contributed by atoms with Gasteiger partial charge in [-0.15, -0.1) is 11.3 Å². The second kappa shape index (κ2) is 9.73. The van der Waals surface area contributed by atoms with Crippen LogP contribution in [0.1, 0.15) is 5.56 Å². The lowest BCUT2D eigenvalue weighted by Crippen LogP contribution is -2.13. The Labute approximate surface area is 187 Å². The molecule has 2 aromatic carbocycles. The van der Waals surface area contributed by atoms with E-state index in [9.17, 15) is 8.42 Å². The van der Waals surface area contributed by atoms with Crippen LogP contribution < -0.4 is 5.32 Å². The molecule has 0 aliphatic rings. The lowest BCUT2D eigenvalue weighted by molar-refractivity contribution is -0.159. The third kappa shape index (κ3) is 5.02.